The van der Waals surface area contributed by atoms with Crippen molar-refractivity contribution in [3.8, 4) is 5.75 Å². The molecule has 0 aliphatic carbocycles. The molecule has 0 aliphatic rings. The van der Waals surface area contributed by atoms with E-state index in [1.807, 2.05) is 54.6 Å². The fourth-order valence-corrected chi connectivity index (χ4v) is 1.81. The molecule has 0 aliphatic heterocycles. The van der Waals surface area contributed by atoms with Crippen LogP contribution in [0.5, 0.6) is 5.75 Å². The Morgan fingerprint density at radius 2 is 1.68 bits per heavy atom. The van der Waals surface area contributed by atoms with E-state index in [1.54, 1.807) is 6.92 Å². The van der Waals surface area contributed by atoms with E-state index in [-0.39, 0.29) is 6.04 Å². The number of aliphatic hydroxyl groups is 1. The molecule has 0 amide bonds. The first-order valence-electron chi connectivity index (χ1n) is 6.37. The maximum atomic E-state index is 9.83. The van der Waals surface area contributed by atoms with E-state index >= 15 is 0 Å². The van der Waals surface area contributed by atoms with Crippen LogP contribution >= 0.6 is 0 Å². The minimum absolute atomic E-state index is 0.281. The lowest BCUT2D eigenvalue weighted by Gasteiger charge is -2.15. The molecule has 3 N–H and O–H groups in total. The fourth-order valence-electron chi connectivity index (χ4n) is 1.81. The Kier molecular flexibility index (Phi) is 4.55. The van der Waals surface area contributed by atoms with Gasteiger partial charge in [0, 0.05) is 6.04 Å². The van der Waals surface area contributed by atoms with E-state index in [0.29, 0.717) is 6.61 Å². The van der Waals surface area contributed by atoms with Gasteiger partial charge in [0.2, 0.25) is 0 Å². The average molecular weight is 257 g/mol. The zero-order chi connectivity index (χ0) is 13.7. The summed E-state index contributed by atoms with van der Waals surface area (Å²) in [6.07, 6.45) is -0.636. The first-order valence-corrected chi connectivity index (χ1v) is 6.37. The summed E-state index contributed by atoms with van der Waals surface area (Å²) >= 11 is 0. The Bertz CT molecular complexity index is 494. The minimum atomic E-state index is -0.636. The summed E-state index contributed by atoms with van der Waals surface area (Å²) in [4.78, 5) is 0. The van der Waals surface area contributed by atoms with Gasteiger partial charge < -0.3 is 15.6 Å². The van der Waals surface area contributed by atoms with Gasteiger partial charge in [-0.15, -0.1) is 0 Å². The molecule has 19 heavy (non-hydrogen) atoms. The molecule has 0 aromatic heterocycles. The smallest absolute Gasteiger partial charge is 0.119 e. The number of benzene rings is 2. The topological polar surface area (TPSA) is 55.5 Å². The Morgan fingerprint density at radius 1 is 1.05 bits per heavy atom. The third kappa shape index (κ3) is 3.81. The van der Waals surface area contributed by atoms with E-state index in [1.165, 1.54) is 0 Å². The Balaban J connectivity index is 1.96. The highest BCUT2D eigenvalue weighted by atomic mass is 16.5. The lowest BCUT2D eigenvalue weighted by Crippen LogP contribution is -2.24. The Morgan fingerprint density at radius 3 is 2.26 bits per heavy atom. The molecular formula is C16H19NO2. The van der Waals surface area contributed by atoms with E-state index < -0.39 is 6.10 Å². The van der Waals surface area contributed by atoms with Crippen molar-refractivity contribution in [3.05, 3.63) is 65.7 Å². The molecular weight excluding hydrogens is 238 g/mol. The maximum Gasteiger partial charge on any atom is 0.119 e. The molecule has 0 saturated heterocycles. The van der Waals surface area contributed by atoms with E-state index in [9.17, 15) is 5.11 Å². The van der Waals surface area contributed by atoms with Crippen molar-refractivity contribution in [1.29, 1.82) is 0 Å². The summed E-state index contributed by atoms with van der Waals surface area (Å²) in [7, 11) is 0. The number of nitrogens with two attached hydrogens (primary N) is 1. The Hall–Kier alpha value is -1.84. The van der Waals surface area contributed by atoms with Gasteiger partial charge >= 0.3 is 0 Å². The molecule has 3 heteroatoms. The molecule has 100 valence electrons. The lowest BCUT2D eigenvalue weighted by atomic mass is 10.0. The highest BCUT2D eigenvalue weighted by molar-refractivity contribution is 5.29. The average Bonchev–Trinajstić information content (AvgIpc) is 2.46. The van der Waals surface area contributed by atoms with Gasteiger partial charge in [0.1, 0.15) is 12.4 Å². The molecule has 2 unspecified atom stereocenters. The lowest BCUT2D eigenvalue weighted by molar-refractivity contribution is 0.153. The normalized spacial score (nSPS) is 13.8. The van der Waals surface area contributed by atoms with Crippen LogP contribution in [0.3, 0.4) is 0 Å². The van der Waals surface area contributed by atoms with Crippen LogP contribution in [0.1, 0.15) is 24.2 Å². The van der Waals surface area contributed by atoms with Crippen molar-refractivity contribution in [2.75, 3.05) is 0 Å². The van der Waals surface area contributed by atoms with E-state index in [0.717, 1.165) is 16.9 Å². The van der Waals surface area contributed by atoms with Gasteiger partial charge in [-0.1, -0.05) is 42.5 Å². The summed E-state index contributed by atoms with van der Waals surface area (Å²) in [6.45, 7) is 2.32. The number of ether oxygens (including phenoxy) is 1. The second kappa shape index (κ2) is 6.36. The number of aliphatic hydroxyl groups excluding tert-OH is 1. The van der Waals surface area contributed by atoms with Gasteiger partial charge in [0.25, 0.3) is 0 Å². The van der Waals surface area contributed by atoms with Gasteiger partial charge in [-0.25, -0.2) is 0 Å². The van der Waals surface area contributed by atoms with Crippen LogP contribution in [0.4, 0.5) is 0 Å². The highest BCUT2D eigenvalue weighted by Crippen LogP contribution is 2.20. The second-order valence-electron chi connectivity index (χ2n) is 4.65. The molecule has 2 rings (SSSR count). The molecule has 0 bridgehead atoms. The van der Waals surface area contributed by atoms with Crippen LogP contribution in [0.15, 0.2) is 54.6 Å². The van der Waals surface area contributed by atoms with Crippen LogP contribution in [-0.2, 0) is 6.61 Å². The van der Waals surface area contributed by atoms with Crippen LogP contribution in [-0.4, -0.2) is 11.1 Å². The molecule has 0 heterocycles. The SMILES string of the molecule is CC(N)C(O)c1ccc(OCc2ccccc2)cc1. The molecule has 2 aromatic rings. The van der Waals surface area contributed by atoms with Crippen molar-refractivity contribution < 1.29 is 9.84 Å². The van der Waals surface area contributed by atoms with Crippen molar-refractivity contribution in [1.82, 2.24) is 0 Å². The predicted molar refractivity (Wildman–Crippen MR) is 75.8 cm³/mol. The zero-order valence-corrected chi connectivity index (χ0v) is 11.0. The summed E-state index contributed by atoms with van der Waals surface area (Å²) in [6, 6.07) is 17.1. The predicted octanol–water partition coefficient (Wildman–Crippen LogP) is 2.65. The Labute approximate surface area is 113 Å². The first-order chi connectivity index (χ1) is 9.16. The number of hydrogen-bond acceptors (Lipinski definition) is 3. The summed E-state index contributed by atoms with van der Waals surface area (Å²) in [5.41, 5.74) is 7.59. The molecule has 0 radical (unpaired) electrons. The van der Waals surface area contributed by atoms with Crippen molar-refractivity contribution in [2.45, 2.75) is 25.7 Å². The standard InChI is InChI=1S/C16H19NO2/c1-12(17)16(18)14-7-9-15(10-8-14)19-11-13-5-3-2-4-6-13/h2-10,12,16,18H,11,17H2,1H3. The van der Waals surface area contributed by atoms with Gasteiger partial charge in [0.15, 0.2) is 0 Å². The van der Waals surface area contributed by atoms with Gasteiger partial charge in [0.05, 0.1) is 6.10 Å². The van der Waals surface area contributed by atoms with Crippen LogP contribution in [0, 0.1) is 0 Å². The van der Waals surface area contributed by atoms with Crippen LogP contribution in [0.25, 0.3) is 0 Å². The maximum absolute atomic E-state index is 9.83. The molecule has 2 aromatic carbocycles. The molecule has 3 nitrogen and oxygen atoms in total. The van der Waals surface area contributed by atoms with Crippen LogP contribution < -0.4 is 10.5 Å². The fraction of sp³-hybridized carbons (Fsp3) is 0.250. The highest BCUT2D eigenvalue weighted by Gasteiger charge is 2.11. The van der Waals surface area contributed by atoms with Crippen LogP contribution in [0.2, 0.25) is 0 Å². The van der Waals surface area contributed by atoms with Crippen molar-refractivity contribution in [2.24, 2.45) is 5.73 Å². The molecule has 0 spiro atoms. The van der Waals surface area contributed by atoms with Gasteiger partial charge in [-0.2, -0.15) is 0 Å². The summed E-state index contributed by atoms with van der Waals surface area (Å²) in [5, 5.41) is 9.83. The third-order valence-electron chi connectivity index (χ3n) is 2.97. The number of hydrogen-bond donors (Lipinski definition) is 2. The zero-order valence-electron chi connectivity index (χ0n) is 11.0. The molecule has 0 saturated carbocycles. The third-order valence-corrected chi connectivity index (χ3v) is 2.97. The molecule has 0 fully saturated rings. The largest absolute Gasteiger partial charge is 0.489 e. The monoisotopic (exact) mass is 257 g/mol. The number of rotatable bonds is 5. The van der Waals surface area contributed by atoms with Crippen molar-refractivity contribution >= 4 is 0 Å². The summed E-state index contributed by atoms with van der Waals surface area (Å²) in [5.74, 6) is 0.782. The molecule has 2 atom stereocenters. The minimum Gasteiger partial charge on any atom is -0.489 e. The second-order valence-corrected chi connectivity index (χ2v) is 4.65. The summed E-state index contributed by atoms with van der Waals surface area (Å²) < 4.78 is 5.67. The van der Waals surface area contributed by atoms with E-state index in [2.05, 4.69) is 0 Å². The quantitative estimate of drug-likeness (QED) is 0.865. The van der Waals surface area contributed by atoms with Gasteiger partial charge in [-0.05, 0) is 30.2 Å². The van der Waals surface area contributed by atoms with E-state index in [4.69, 9.17) is 10.5 Å². The first kappa shape index (κ1) is 13.6. The van der Waals surface area contributed by atoms with Crippen molar-refractivity contribution in [3.63, 3.8) is 0 Å². The van der Waals surface area contributed by atoms with Gasteiger partial charge in [-0.3, -0.25) is 0 Å².